The van der Waals surface area contributed by atoms with Crippen LogP contribution in [-0.2, 0) is 10.0 Å². The molecule has 0 bridgehead atoms. The molecule has 0 amide bonds. The number of anilines is 3. The molecular formula is C20H21N3O3S. The highest BCUT2D eigenvalue weighted by Gasteiger charge is 2.20. The lowest BCUT2D eigenvalue weighted by Gasteiger charge is -2.19. The van der Waals surface area contributed by atoms with Crippen LogP contribution in [0.15, 0.2) is 71.8 Å². The lowest BCUT2D eigenvalue weighted by atomic mass is 10.2. The molecule has 140 valence electrons. The van der Waals surface area contributed by atoms with Gasteiger partial charge in [-0.3, -0.25) is 4.72 Å². The van der Waals surface area contributed by atoms with Crippen LogP contribution >= 0.6 is 0 Å². The molecule has 0 radical (unpaired) electrons. The molecule has 0 saturated carbocycles. The molecule has 0 aliphatic heterocycles. The van der Waals surface area contributed by atoms with Gasteiger partial charge < -0.3 is 9.64 Å². The number of nitrogens with one attached hydrogen (secondary N) is 1. The van der Waals surface area contributed by atoms with Crippen molar-refractivity contribution in [1.82, 2.24) is 4.98 Å². The van der Waals surface area contributed by atoms with E-state index in [1.165, 1.54) is 7.11 Å². The van der Waals surface area contributed by atoms with Gasteiger partial charge in [-0.25, -0.2) is 13.4 Å². The second-order valence-corrected chi connectivity index (χ2v) is 7.71. The maximum atomic E-state index is 12.7. The molecule has 0 saturated heterocycles. The predicted octanol–water partition coefficient (Wildman–Crippen LogP) is 3.97. The summed E-state index contributed by atoms with van der Waals surface area (Å²) >= 11 is 0. The minimum Gasteiger partial charge on any atom is -0.495 e. The molecule has 0 fully saturated rings. The van der Waals surface area contributed by atoms with Crippen molar-refractivity contribution >= 4 is 27.2 Å². The van der Waals surface area contributed by atoms with Gasteiger partial charge in [-0.15, -0.1) is 0 Å². The summed E-state index contributed by atoms with van der Waals surface area (Å²) in [6.45, 7) is 1.82. The van der Waals surface area contributed by atoms with Gasteiger partial charge in [0.2, 0.25) is 0 Å². The van der Waals surface area contributed by atoms with Gasteiger partial charge in [-0.05, 0) is 48.9 Å². The van der Waals surface area contributed by atoms with Gasteiger partial charge in [0.25, 0.3) is 10.0 Å². The molecule has 2 aromatic carbocycles. The van der Waals surface area contributed by atoms with Gasteiger partial charge >= 0.3 is 0 Å². The Morgan fingerprint density at radius 3 is 2.37 bits per heavy atom. The van der Waals surface area contributed by atoms with Crippen LogP contribution in [0, 0.1) is 6.92 Å². The number of ether oxygens (including phenoxy) is 1. The number of hydrogen-bond acceptors (Lipinski definition) is 5. The summed E-state index contributed by atoms with van der Waals surface area (Å²) in [7, 11) is -0.450. The second-order valence-electron chi connectivity index (χ2n) is 6.06. The molecule has 7 heteroatoms. The molecule has 6 nitrogen and oxygen atoms in total. The number of methoxy groups -OCH3 is 1. The maximum Gasteiger partial charge on any atom is 0.266 e. The number of para-hydroxylation sites is 1. The number of sulfonamides is 1. The fraction of sp³-hybridized carbons (Fsp3) is 0.150. The lowest BCUT2D eigenvalue weighted by molar-refractivity contribution is 0.402. The number of benzene rings is 2. The van der Waals surface area contributed by atoms with Crippen LogP contribution < -0.4 is 14.4 Å². The number of pyridine rings is 1. The molecule has 0 spiro atoms. The van der Waals surface area contributed by atoms with Crippen LogP contribution in [0.1, 0.15) is 5.56 Å². The normalized spacial score (nSPS) is 11.1. The fourth-order valence-electron chi connectivity index (χ4n) is 2.63. The van der Waals surface area contributed by atoms with Crippen LogP contribution in [0.3, 0.4) is 0 Å². The van der Waals surface area contributed by atoms with Crippen molar-refractivity contribution in [3.05, 3.63) is 72.4 Å². The first-order chi connectivity index (χ1) is 12.9. The highest BCUT2D eigenvalue weighted by Crippen LogP contribution is 2.27. The van der Waals surface area contributed by atoms with E-state index in [-0.39, 0.29) is 16.5 Å². The van der Waals surface area contributed by atoms with Gasteiger partial charge in [0, 0.05) is 12.7 Å². The fourth-order valence-corrected chi connectivity index (χ4v) is 3.90. The number of nitrogens with zero attached hydrogens (tertiary/aromatic N) is 2. The molecule has 27 heavy (non-hydrogen) atoms. The highest BCUT2D eigenvalue weighted by molar-refractivity contribution is 7.92. The topological polar surface area (TPSA) is 71.5 Å². The average molecular weight is 383 g/mol. The number of aryl methyl sites for hydroxylation is 1. The van der Waals surface area contributed by atoms with Crippen LogP contribution in [0.25, 0.3) is 0 Å². The number of hydrogen-bond donors (Lipinski definition) is 1. The SMILES string of the molecule is COc1ccc(C)cc1S(=O)(=O)Nc1ccc(N(C)c2ccccc2)cn1. The quantitative estimate of drug-likeness (QED) is 0.697. The summed E-state index contributed by atoms with van der Waals surface area (Å²) in [6, 6.07) is 18.3. The molecule has 1 heterocycles. The minimum absolute atomic E-state index is 0.0808. The monoisotopic (exact) mass is 383 g/mol. The Morgan fingerprint density at radius 1 is 1.00 bits per heavy atom. The smallest absolute Gasteiger partial charge is 0.266 e. The predicted molar refractivity (Wildman–Crippen MR) is 107 cm³/mol. The second kappa shape index (κ2) is 7.67. The maximum absolute atomic E-state index is 12.7. The summed E-state index contributed by atoms with van der Waals surface area (Å²) in [5.74, 6) is 0.525. The third-order valence-electron chi connectivity index (χ3n) is 4.13. The first-order valence-electron chi connectivity index (χ1n) is 8.33. The van der Waals surface area contributed by atoms with E-state index in [0.29, 0.717) is 0 Å². The largest absolute Gasteiger partial charge is 0.495 e. The standard InChI is InChI=1S/C20H21N3O3S/c1-15-9-11-18(26-3)19(13-15)27(24,25)22-20-12-10-17(14-21-20)23(2)16-7-5-4-6-8-16/h4-14H,1-3H3,(H,21,22). The van der Waals surface area contributed by atoms with Crippen LogP contribution in [0.4, 0.5) is 17.2 Å². The van der Waals surface area contributed by atoms with Crippen molar-refractivity contribution in [3.63, 3.8) is 0 Å². The summed E-state index contributed by atoms with van der Waals surface area (Å²) in [5.41, 5.74) is 2.68. The number of aromatic nitrogens is 1. The zero-order chi connectivity index (χ0) is 19.4. The van der Waals surface area contributed by atoms with Crippen molar-refractivity contribution < 1.29 is 13.2 Å². The Labute approximate surface area is 159 Å². The zero-order valence-corrected chi connectivity index (χ0v) is 16.2. The molecule has 0 unspecified atom stereocenters. The van der Waals surface area contributed by atoms with E-state index in [9.17, 15) is 8.42 Å². The number of rotatable bonds is 6. The van der Waals surface area contributed by atoms with Gasteiger partial charge in [0.05, 0.1) is 19.0 Å². The summed E-state index contributed by atoms with van der Waals surface area (Å²) in [5, 5.41) is 0. The minimum atomic E-state index is -3.81. The van der Waals surface area contributed by atoms with Crippen molar-refractivity contribution in [3.8, 4) is 5.75 Å². The van der Waals surface area contributed by atoms with Gasteiger partial charge in [0.15, 0.2) is 0 Å². The Hall–Kier alpha value is -3.06. The Kier molecular flexibility index (Phi) is 5.32. The van der Waals surface area contributed by atoms with E-state index >= 15 is 0 Å². The van der Waals surface area contributed by atoms with Gasteiger partial charge in [-0.1, -0.05) is 24.3 Å². The van der Waals surface area contributed by atoms with E-state index < -0.39 is 10.0 Å². The lowest BCUT2D eigenvalue weighted by Crippen LogP contribution is -2.15. The summed E-state index contributed by atoms with van der Waals surface area (Å²) in [4.78, 5) is 6.29. The Balaban J connectivity index is 1.83. The third kappa shape index (κ3) is 4.20. The van der Waals surface area contributed by atoms with Crippen LogP contribution in [0.2, 0.25) is 0 Å². The Bertz CT molecular complexity index is 1020. The molecule has 0 aliphatic rings. The van der Waals surface area contributed by atoms with E-state index in [2.05, 4.69) is 9.71 Å². The van der Waals surface area contributed by atoms with Crippen molar-refractivity contribution in [2.45, 2.75) is 11.8 Å². The zero-order valence-electron chi connectivity index (χ0n) is 15.4. The first-order valence-corrected chi connectivity index (χ1v) is 9.81. The average Bonchev–Trinajstić information content (AvgIpc) is 2.68. The molecule has 0 atom stereocenters. The molecule has 1 N–H and O–H groups in total. The molecule has 3 aromatic rings. The summed E-state index contributed by atoms with van der Waals surface area (Å²) < 4.78 is 33.1. The molecule has 1 aromatic heterocycles. The van der Waals surface area contributed by atoms with E-state index in [0.717, 1.165) is 16.9 Å². The van der Waals surface area contributed by atoms with E-state index in [4.69, 9.17) is 4.74 Å². The van der Waals surface area contributed by atoms with E-state index in [1.807, 2.05) is 55.3 Å². The Morgan fingerprint density at radius 2 is 1.74 bits per heavy atom. The molecular weight excluding hydrogens is 362 g/mol. The molecule has 3 rings (SSSR count). The van der Waals surface area contributed by atoms with Crippen molar-refractivity contribution in [2.75, 3.05) is 23.8 Å². The summed E-state index contributed by atoms with van der Waals surface area (Å²) in [6.07, 6.45) is 1.62. The van der Waals surface area contributed by atoms with Crippen LogP contribution in [0.5, 0.6) is 5.75 Å². The first kappa shape index (κ1) is 18.7. The molecule has 0 aliphatic carbocycles. The van der Waals surface area contributed by atoms with Crippen molar-refractivity contribution in [2.24, 2.45) is 0 Å². The van der Waals surface area contributed by atoms with Crippen molar-refractivity contribution in [1.29, 1.82) is 0 Å². The highest BCUT2D eigenvalue weighted by atomic mass is 32.2. The van der Waals surface area contributed by atoms with Gasteiger partial charge in [-0.2, -0.15) is 0 Å². The van der Waals surface area contributed by atoms with Crippen LogP contribution in [-0.4, -0.2) is 27.6 Å². The van der Waals surface area contributed by atoms with E-state index in [1.54, 1.807) is 30.5 Å². The third-order valence-corrected chi connectivity index (χ3v) is 5.50. The van der Waals surface area contributed by atoms with Gasteiger partial charge in [0.1, 0.15) is 16.5 Å².